The summed E-state index contributed by atoms with van der Waals surface area (Å²) in [6, 6.07) is 10.4. The van der Waals surface area contributed by atoms with Gasteiger partial charge in [0.25, 0.3) is 0 Å². The molecule has 0 aliphatic heterocycles. The lowest BCUT2D eigenvalue weighted by atomic mass is 9.96. The standard InChI is InChI=1S/C16H14BrFO/c1-10-4-3-5-14(11(10)2)16(19)8-12-6-7-13(17)9-15(12)18/h3-7,9H,8H2,1-2H3. The molecule has 1 nitrogen and oxygen atoms in total. The number of hydrogen-bond acceptors (Lipinski definition) is 1. The third-order valence-corrected chi connectivity index (χ3v) is 3.76. The van der Waals surface area contributed by atoms with Crippen LogP contribution in [-0.4, -0.2) is 5.78 Å². The number of Topliss-reactive ketones (excluding diaryl/α,β-unsaturated/α-hetero) is 1. The molecule has 0 aromatic heterocycles. The average molecular weight is 321 g/mol. The lowest BCUT2D eigenvalue weighted by Crippen LogP contribution is -2.07. The average Bonchev–Trinajstić information content (AvgIpc) is 2.36. The maximum absolute atomic E-state index is 13.7. The molecule has 0 N–H and O–H groups in total. The first-order valence-electron chi connectivity index (χ1n) is 6.02. The highest BCUT2D eigenvalue weighted by Gasteiger charge is 2.13. The molecule has 2 rings (SSSR count). The molecule has 0 saturated heterocycles. The highest BCUT2D eigenvalue weighted by atomic mass is 79.9. The monoisotopic (exact) mass is 320 g/mol. The smallest absolute Gasteiger partial charge is 0.167 e. The van der Waals surface area contributed by atoms with Crippen molar-refractivity contribution in [3.8, 4) is 0 Å². The number of benzene rings is 2. The molecule has 0 fully saturated rings. The molecule has 2 aromatic carbocycles. The molecule has 0 radical (unpaired) electrons. The van der Waals surface area contributed by atoms with Crippen LogP contribution in [0.2, 0.25) is 0 Å². The summed E-state index contributed by atoms with van der Waals surface area (Å²) in [5, 5.41) is 0. The Labute approximate surface area is 120 Å². The van der Waals surface area contributed by atoms with Gasteiger partial charge >= 0.3 is 0 Å². The van der Waals surface area contributed by atoms with E-state index in [-0.39, 0.29) is 18.0 Å². The summed E-state index contributed by atoms with van der Waals surface area (Å²) in [6.07, 6.45) is 0.0867. The minimum atomic E-state index is -0.354. The van der Waals surface area contributed by atoms with Crippen LogP contribution in [0.25, 0.3) is 0 Å². The van der Waals surface area contributed by atoms with Crippen LogP contribution in [0.3, 0.4) is 0 Å². The van der Waals surface area contributed by atoms with E-state index in [9.17, 15) is 9.18 Å². The molecule has 19 heavy (non-hydrogen) atoms. The largest absolute Gasteiger partial charge is 0.294 e. The lowest BCUT2D eigenvalue weighted by molar-refractivity contribution is 0.0991. The second-order valence-corrected chi connectivity index (χ2v) is 5.50. The maximum Gasteiger partial charge on any atom is 0.167 e. The molecule has 0 amide bonds. The molecule has 0 atom stereocenters. The molecule has 0 heterocycles. The summed E-state index contributed by atoms with van der Waals surface area (Å²) in [5.74, 6) is -0.407. The molecule has 0 bridgehead atoms. The van der Waals surface area contributed by atoms with Gasteiger partial charge in [0.05, 0.1) is 0 Å². The number of halogens is 2. The van der Waals surface area contributed by atoms with Gasteiger partial charge in [0, 0.05) is 16.5 Å². The van der Waals surface area contributed by atoms with Gasteiger partial charge in [-0.15, -0.1) is 0 Å². The molecular weight excluding hydrogens is 307 g/mol. The van der Waals surface area contributed by atoms with Gasteiger partial charge in [-0.05, 0) is 42.7 Å². The molecular formula is C16H14BrFO. The number of ketones is 1. The summed E-state index contributed by atoms with van der Waals surface area (Å²) in [4.78, 5) is 12.2. The van der Waals surface area contributed by atoms with Gasteiger partial charge in [-0.25, -0.2) is 4.39 Å². The van der Waals surface area contributed by atoms with Crippen molar-refractivity contribution in [3.05, 3.63) is 68.9 Å². The fourth-order valence-electron chi connectivity index (χ4n) is 1.99. The van der Waals surface area contributed by atoms with Crippen LogP contribution in [0.5, 0.6) is 0 Å². The predicted molar refractivity (Wildman–Crippen MR) is 78.1 cm³/mol. The Kier molecular flexibility index (Phi) is 4.15. The van der Waals surface area contributed by atoms with E-state index >= 15 is 0 Å². The van der Waals surface area contributed by atoms with Crippen molar-refractivity contribution in [1.29, 1.82) is 0 Å². The van der Waals surface area contributed by atoms with E-state index < -0.39 is 0 Å². The SMILES string of the molecule is Cc1cccc(C(=O)Cc2ccc(Br)cc2F)c1C. The quantitative estimate of drug-likeness (QED) is 0.753. The Morgan fingerprint density at radius 1 is 1.21 bits per heavy atom. The molecule has 0 saturated carbocycles. The molecule has 0 aliphatic carbocycles. The van der Waals surface area contributed by atoms with Gasteiger partial charge < -0.3 is 0 Å². The van der Waals surface area contributed by atoms with E-state index in [1.54, 1.807) is 18.2 Å². The first-order valence-corrected chi connectivity index (χ1v) is 6.81. The predicted octanol–water partition coefficient (Wildman–Crippen LogP) is 4.63. The Hall–Kier alpha value is -1.48. The van der Waals surface area contributed by atoms with E-state index in [0.29, 0.717) is 15.6 Å². The Balaban J connectivity index is 2.28. The van der Waals surface area contributed by atoms with Crippen molar-refractivity contribution >= 4 is 21.7 Å². The number of carbonyl (C=O) groups excluding carboxylic acids is 1. The molecule has 0 unspecified atom stereocenters. The van der Waals surface area contributed by atoms with E-state index in [2.05, 4.69) is 15.9 Å². The van der Waals surface area contributed by atoms with Gasteiger partial charge in [0.1, 0.15) is 5.82 Å². The third kappa shape index (κ3) is 3.10. The maximum atomic E-state index is 13.7. The third-order valence-electron chi connectivity index (χ3n) is 3.27. The Morgan fingerprint density at radius 3 is 2.63 bits per heavy atom. The minimum Gasteiger partial charge on any atom is -0.294 e. The molecule has 0 spiro atoms. The van der Waals surface area contributed by atoms with E-state index in [4.69, 9.17) is 0 Å². The molecule has 98 valence electrons. The molecule has 2 aromatic rings. The topological polar surface area (TPSA) is 17.1 Å². The van der Waals surface area contributed by atoms with Crippen LogP contribution >= 0.6 is 15.9 Å². The van der Waals surface area contributed by atoms with Crippen molar-refractivity contribution in [3.63, 3.8) is 0 Å². The van der Waals surface area contributed by atoms with Gasteiger partial charge in [-0.3, -0.25) is 4.79 Å². The zero-order chi connectivity index (χ0) is 14.0. The van der Waals surface area contributed by atoms with Crippen molar-refractivity contribution in [1.82, 2.24) is 0 Å². The van der Waals surface area contributed by atoms with Gasteiger partial charge in [0.2, 0.25) is 0 Å². The second kappa shape index (κ2) is 5.66. The second-order valence-electron chi connectivity index (χ2n) is 4.58. The van der Waals surface area contributed by atoms with Crippen LogP contribution in [0.4, 0.5) is 4.39 Å². The summed E-state index contributed by atoms with van der Waals surface area (Å²) < 4.78 is 14.4. The molecule has 3 heteroatoms. The number of rotatable bonds is 3. The first kappa shape index (κ1) is 13.9. The van der Waals surface area contributed by atoms with E-state index in [1.807, 2.05) is 26.0 Å². The van der Waals surface area contributed by atoms with Gasteiger partial charge in [-0.1, -0.05) is 40.2 Å². The molecule has 0 aliphatic rings. The zero-order valence-corrected chi connectivity index (χ0v) is 12.4. The van der Waals surface area contributed by atoms with E-state index in [0.717, 1.165) is 11.1 Å². The van der Waals surface area contributed by atoms with Crippen LogP contribution in [0, 0.1) is 19.7 Å². The zero-order valence-electron chi connectivity index (χ0n) is 10.8. The van der Waals surface area contributed by atoms with Crippen LogP contribution in [0.1, 0.15) is 27.0 Å². The minimum absolute atomic E-state index is 0.0533. The van der Waals surface area contributed by atoms with Gasteiger partial charge in [-0.2, -0.15) is 0 Å². The van der Waals surface area contributed by atoms with Crippen molar-refractivity contribution in [2.75, 3.05) is 0 Å². The van der Waals surface area contributed by atoms with Crippen molar-refractivity contribution in [2.45, 2.75) is 20.3 Å². The highest BCUT2D eigenvalue weighted by molar-refractivity contribution is 9.10. The first-order chi connectivity index (χ1) is 8.99. The van der Waals surface area contributed by atoms with E-state index in [1.165, 1.54) is 6.07 Å². The normalized spacial score (nSPS) is 10.5. The highest BCUT2D eigenvalue weighted by Crippen LogP contribution is 2.19. The van der Waals surface area contributed by atoms with Crippen molar-refractivity contribution < 1.29 is 9.18 Å². The van der Waals surface area contributed by atoms with Gasteiger partial charge in [0.15, 0.2) is 5.78 Å². The fraction of sp³-hybridized carbons (Fsp3) is 0.188. The van der Waals surface area contributed by atoms with Crippen LogP contribution in [-0.2, 0) is 6.42 Å². The summed E-state index contributed by atoms with van der Waals surface area (Å²) in [6.45, 7) is 3.88. The number of carbonyl (C=O) groups is 1. The fourth-order valence-corrected chi connectivity index (χ4v) is 2.32. The number of hydrogen-bond donors (Lipinski definition) is 0. The lowest BCUT2D eigenvalue weighted by Gasteiger charge is -2.08. The van der Waals surface area contributed by atoms with Crippen molar-refractivity contribution in [2.24, 2.45) is 0 Å². The Bertz CT molecular complexity index is 635. The summed E-state index contributed by atoms with van der Waals surface area (Å²) in [5.41, 5.74) is 3.13. The van der Waals surface area contributed by atoms with Crippen LogP contribution < -0.4 is 0 Å². The summed E-state index contributed by atoms with van der Waals surface area (Å²) in [7, 11) is 0. The summed E-state index contributed by atoms with van der Waals surface area (Å²) >= 11 is 3.20. The number of aryl methyl sites for hydroxylation is 1. The van der Waals surface area contributed by atoms with Crippen LogP contribution in [0.15, 0.2) is 40.9 Å². The Morgan fingerprint density at radius 2 is 1.95 bits per heavy atom.